The lowest BCUT2D eigenvalue weighted by atomic mass is 10.1. The van der Waals surface area contributed by atoms with E-state index in [2.05, 4.69) is 16.3 Å². The van der Waals surface area contributed by atoms with Gasteiger partial charge in [0.05, 0.1) is 12.7 Å². The van der Waals surface area contributed by atoms with Crippen molar-refractivity contribution in [3.05, 3.63) is 23.8 Å². The van der Waals surface area contributed by atoms with E-state index < -0.39 is 5.97 Å². The summed E-state index contributed by atoms with van der Waals surface area (Å²) in [5.74, 6) is 0.710. The van der Waals surface area contributed by atoms with Crippen LogP contribution in [-0.2, 0) is 4.74 Å². The largest absolute Gasteiger partial charge is 0.465 e. The number of carbonyl (C=O) groups excluding carboxylic acids is 1. The van der Waals surface area contributed by atoms with Crippen LogP contribution < -0.4 is 11.1 Å². The minimum Gasteiger partial charge on any atom is -0.465 e. The topological polar surface area (TPSA) is 64.3 Å². The molecule has 0 saturated heterocycles. The molecule has 5 heteroatoms. The van der Waals surface area contributed by atoms with E-state index >= 15 is 0 Å². The number of nitrogen functional groups attached to an aromatic ring is 1. The number of ether oxygens (including phenoxy) is 1. The number of anilines is 2. The first-order valence-corrected chi connectivity index (χ1v) is 6.79. The van der Waals surface area contributed by atoms with Crippen LogP contribution in [0.1, 0.15) is 16.8 Å². The molecule has 4 nitrogen and oxygen atoms in total. The van der Waals surface area contributed by atoms with E-state index in [1.54, 1.807) is 12.1 Å². The molecule has 0 amide bonds. The third-order valence-corrected chi connectivity index (χ3v) is 3.01. The fourth-order valence-corrected chi connectivity index (χ4v) is 1.84. The average Bonchev–Trinajstić information content (AvgIpc) is 2.35. The number of hydrogen-bond donors (Lipinski definition) is 2. The molecule has 0 aromatic heterocycles. The van der Waals surface area contributed by atoms with E-state index in [0.29, 0.717) is 11.3 Å². The number of thioether (sulfide) groups is 1. The lowest BCUT2D eigenvalue weighted by molar-refractivity contribution is 0.0602. The molecule has 0 aliphatic rings. The molecule has 1 rings (SSSR count). The molecule has 0 heterocycles. The third kappa shape index (κ3) is 4.19. The standard InChI is InChI=1S/C12H18N2O2S/c1-16-12(15)10-8-9(4-5-11(10)13)14-6-3-7-17-2/h4-5,8,14H,3,6-7,13H2,1-2H3. The van der Waals surface area contributed by atoms with Gasteiger partial charge in [-0.05, 0) is 36.6 Å². The fourth-order valence-electron chi connectivity index (χ4n) is 1.40. The van der Waals surface area contributed by atoms with E-state index in [4.69, 9.17) is 5.73 Å². The van der Waals surface area contributed by atoms with Gasteiger partial charge in [0.25, 0.3) is 0 Å². The number of rotatable bonds is 6. The van der Waals surface area contributed by atoms with Gasteiger partial charge in [-0.15, -0.1) is 0 Å². The van der Waals surface area contributed by atoms with Crippen molar-refractivity contribution in [2.75, 3.05) is 36.7 Å². The molecule has 1 aromatic carbocycles. The number of esters is 1. The number of methoxy groups -OCH3 is 1. The van der Waals surface area contributed by atoms with Crippen molar-refractivity contribution in [2.24, 2.45) is 0 Å². The maximum atomic E-state index is 11.4. The van der Waals surface area contributed by atoms with Gasteiger partial charge >= 0.3 is 5.97 Å². The van der Waals surface area contributed by atoms with Gasteiger partial charge in [-0.3, -0.25) is 0 Å². The number of hydrogen-bond acceptors (Lipinski definition) is 5. The first-order valence-electron chi connectivity index (χ1n) is 5.39. The van der Waals surface area contributed by atoms with Crippen LogP contribution >= 0.6 is 11.8 Å². The van der Waals surface area contributed by atoms with Crippen LogP contribution in [0.15, 0.2) is 18.2 Å². The smallest absolute Gasteiger partial charge is 0.340 e. The summed E-state index contributed by atoms with van der Waals surface area (Å²) in [6.07, 6.45) is 3.16. The summed E-state index contributed by atoms with van der Waals surface area (Å²) in [6.45, 7) is 0.880. The molecular formula is C12H18N2O2S. The van der Waals surface area contributed by atoms with E-state index in [1.165, 1.54) is 7.11 Å². The Morgan fingerprint density at radius 3 is 2.94 bits per heavy atom. The Labute approximate surface area is 106 Å². The zero-order valence-electron chi connectivity index (χ0n) is 10.2. The normalized spacial score (nSPS) is 10.0. The first-order chi connectivity index (χ1) is 8.19. The monoisotopic (exact) mass is 254 g/mol. The third-order valence-electron chi connectivity index (χ3n) is 2.31. The number of nitrogens with one attached hydrogen (secondary N) is 1. The summed E-state index contributed by atoms with van der Waals surface area (Å²) in [7, 11) is 1.35. The van der Waals surface area contributed by atoms with Gasteiger partial charge in [-0.25, -0.2) is 4.79 Å². The van der Waals surface area contributed by atoms with Crippen LogP contribution in [0, 0.1) is 0 Å². The molecule has 0 aliphatic carbocycles. The van der Waals surface area contributed by atoms with E-state index in [-0.39, 0.29) is 0 Å². The Bertz CT molecular complexity index is 383. The molecule has 0 atom stereocenters. The highest BCUT2D eigenvalue weighted by atomic mass is 32.2. The number of carbonyl (C=O) groups is 1. The van der Waals surface area contributed by atoms with Crippen LogP contribution in [0.3, 0.4) is 0 Å². The van der Waals surface area contributed by atoms with Gasteiger partial charge in [0, 0.05) is 17.9 Å². The Kier molecular flexibility index (Phi) is 5.69. The molecule has 0 radical (unpaired) electrons. The Balaban J connectivity index is 2.65. The quantitative estimate of drug-likeness (QED) is 0.463. The summed E-state index contributed by atoms with van der Waals surface area (Å²) in [6, 6.07) is 5.30. The minimum atomic E-state index is -0.407. The van der Waals surface area contributed by atoms with Crippen LogP contribution in [0.5, 0.6) is 0 Å². The SMILES string of the molecule is COC(=O)c1cc(NCCCSC)ccc1N. The highest BCUT2D eigenvalue weighted by Gasteiger charge is 2.10. The van der Waals surface area contributed by atoms with Crippen molar-refractivity contribution in [3.63, 3.8) is 0 Å². The second-order valence-corrected chi connectivity index (χ2v) is 4.55. The maximum absolute atomic E-state index is 11.4. The van der Waals surface area contributed by atoms with Gasteiger partial charge in [0.2, 0.25) is 0 Å². The highest BCUT2D eigenvalue weighted by Crippen LogP contribution is 2.18. The van der Waals surface area contributed by atoms with E-state index in [0.717, 1.165) is 24.4 Å². The molecule has 0 spiro atoms. The van der Waals surface area contributed by atoms with Gasteiger partial charge in [0.1, 0.15) is 0 Å². The molecule has 17 heavy (non-hydrogen) atoms. The van der Waals surface area contributed by atoms with Gasteiger partial charge in [-0.1, -0.05) is 0 Å². The van der Waals surface area contributed by atoms with Crippen molar-refractivity contribution in [3.8, 4) is 0 Å². The van der Waals surface area contributed by atoms with Crippen molar-refractivity contribution in [1.29, 1.82) is 0 Å². The number of nitrogens with two attached hydrogens (primary N) is 1. The second-order valence-electron chi connectivity index (χ2n) is 3.57. The highest BCUT2D eigenvalue weighted by molar-refractivity contribution is 7.98. The molecule has 3 N–H and O–H groups in total. The lowest BCUT2D eigenvalue weighted by Crippen LogP contribution is -2.08. The van der Waals surface area contributed by atoms with Crippen molar-refractivity contribution < 1.29 is 9.53 Å². The first kappa shape index (κ1) is 13.7. The Hall–Kier alpha value is -1.36. The van der Waals surface area contributed by atoms with E-state index in [9.17, 15) is 4.79 Å². The zero-order valence-corrected chi connectivity index (χ0v) is 11.0. The van der Waals surface area contributed by atoms with Crippen molar-refractivity contribution >= 4 is 29.1 Å². The summed E-state index contributed by atoms with van der Waals surface area (Å²) < 4.78 is 4.67. The fraction of sp³-hybridized carbons (Fsp3) is 0.417. The minimum absolute atomic E-state index is 0.405. The summed E-state index contributed by atoms with van der Waals surface area (Å²) in [5.41, 5.74) is 7.44. The van der Waals surface area contributed by atoms with Gasteiger partial charge in [-0.2, -0.15) is 11.8 Å². The van der Waals surface area contributed by atoms with Crippen molar-refractivity contribution in [2.45, 2.75) is 6.42 Å². The molecule has 0 fully saturated rings. The second kappa shape index (κ2) is 7.06. The van der Waals surface area contributed by atoms with Gasteiger partial charge < -0.3 is 15.8 Å². The average molecular weight is 254 g/mol. The molecule has 94 valence electrons. The van der Waals surface area contributed by atoms with Crippen LogP contribution in [0.4, 0.5) is 11.4 Å². The van der Waals surface area contributed by atoms with E-state index in [1.807, 2.05) is 17.8 Å². The summed E-state index contributed by atoms with van der Waals surface area (Å²) in [5, 5.41) is 3.25. The van der Waals surface area contributed by atoms with Crippen LogP contribution in [-0.4, -0.2) is 31.6 Å². The molecule has 0 aliphatic heterocycles. The zero-order chi connectivity index (χ0) is 12.7. The molecular weight excluding hydrogens is 236 g/mol. The van der Waals surface area contributed by atoms with Crippen LogP contribution in [0.25, 0.3) is 0 Å². The molecule has 0 saturated carbocycles. The summed E-state index contributed by atoms with van der Waals surface area (Å²) >= 11 is 1.82. The number of benzene rings is 1. The molecule has 0 bridgehead atoms. The summed E-state index contributed by atoms with van der Waals surface area (Å²) in [4.78, 5) is 11.4. The van der Waals surface area contributed by atoms with Crippen LogP contribution in [0.2, 0.25) is 0 Å². The molecule has 0 unspecified atom stereocenters. The predicted molar refractivity (Wildman–Crippen MR) is 73.7 cm³/mol. The Morgan fingerprint density at radius 1 is 1.53 bits per heavy atom. The maximum Gasteiger partial charge on any atom is 0.340 e. The molecule has 1 aromatic rings. The predicted octanol–water partition coefficient (Wildman–Crippen LogP) is 2.22. The van der Waals surface area contributed by atoms with Gasteiger partial charge in [0.15, 0.2) is 0 Å². The lowest BCUT2D eigenvalue weighted by Gasteiger charge is -2.09. The van der Waals surface area contributed by atoms with Crippen molar-refractivity contribution in [1.82, 2.24) is 0 Å². The Morgan fingerprint density at radius 2 is 2.29 bits per heavy atom.